The van der Waals surface area contributed by atoms with Gasteiger partial charge in [0.25, 0.3) is 0 Å². The molecule has 1 atom stereocenters. The number of hydrogen-bond acceptors (Lipinski definition) is 5. The Bertz CT molecular complexity index is 877. The monoisotopic (exact) mass is 405 g/mol. The fraction of sp³-hybridized carbons (Fsp3) is 0.280. The molecule has 0 aromatic heterocycles. The molecule has 4 rings (SSSR count). The van der Waals surface area contributed by atoms with E-state index >= 15 is 0 Å². The van der Waals surface area contributed by atoms with E-state index < -0.39 is 5.60 Å². The number of rotatable bonds is 8. The number of hydrogen-bond donors (Lipinski definition) is 2. The first-order chi connectivity index (χ1) is 14.8. The maximum Gasteiger partial charge on any atom is 0.142 e. The van der Waals surface area contributed by atoms with Crippen molar-refractivity contribution in [2.24, 2.45) is 0 Å². The highest BCUT2D eigenvalue weighted by Gasteiger charge is 2.41. The number of benzene rings is 3. The summed E-state index contributed by atoms with van der Waals surface area (Å²) in [6.07, 6.45) is -0.0834. The lowest BCUT2D eigenvalue weighted by atomic mass is 9.86. The van der Waals surface area contributed by atoms with Crippen molar-refractivity contribution in [1.29, 1.82) is 0 Å². The van der Waals surface area contributed by atoms with Gasteiger partial charge in [-0.15, -0.1) is 0 Å². The zero-order chi connectivity index (χ0) is 20.7. The van der Waals surface area contributed by atoms with Gasteiger partial charge in [-0.1, -0.05) is 66.7 Å². The van der Waals surface area contributed by atoms with E-state index in [9.17, 15) is 5.11 Å². The third kappa shape index (κ3) is 4.82. The van der Waals surface area contributed by atoms with Crippen molar-refractivity contribution in [2.45, 2.75) is 11.7 Å². The first kappa shape index (κ1) is 20.4. The summed E-state index contributed by atoms with van der Waals surface area (Å²) in [6.45, 7) is 2.85. The molecule has 0 aliphatic carbocycles. The van der Waals surface area contributed by atoms with Crippen LogP contribution in [0, 0.1) is 0 Å². The van der Waals surface area contributed by atoms with Crippen molar-refractivity contribution in [3.63, 3.8) is 0 Å². The summed E-state index contributed by atoms with van der Waals surface area (Å²) in [7, 11) is 0. The summed E-state index contributed by atoms with van der Waals surface area (Å²) in [5.41, 5.74) is 1.56. The molecule has 30 heavy (non-hydrogen) atoms. The molecule has 0 bridgehead atoms. The van der Waals surface area contributed by atoms with Gasteiger partial charge in [0.05, 0.1) is 19.3 Å². The average molecular weight is 405 g/mol. The van der Waals surface area contributed by atoms with Gasteiger partial charge in [-0.25, -0.2) is 0 Å². The fourth-order valence-electron chi connectivity index (χ4n) is 3.75. The van der Waals surface area contributed by atoms with Crippen molar-refractivity contribution in [3.8, 4) is 11.5 Å². The Morgan fingerprint density at radius 1 is 0.933 bits per heavy atom. The zero-order valence-electron chi connectivity index (χ0n) is 16.9. The summed E-state index contributed by atoms with van der Waals surface area (Å²) >= 11 is 0. The minimum atomic E-state index is -0.620. The van der Waals surface area contributed by atoms with E-state index in [0.717, 1.165) is 11.1 Å². The molecule has 2 N–H and O–H groups in total. The van der Waals surface area contributed by atoms with E-state index in [2.05, 4.69) is 29.6 Å². The molecule has 5 nitrogen and oxygen atoms in total. The normalized spacial score (nSPS) is 18.1. The predicted octanol–water partition coefficient (Wildman–Crippen LogP) is 3.72. The van der Waals surface area contributed by atoms with Gasteiger partial charge < -0.3 is 24.6 Å². The first-order valence-corrected chi connectivity index (χ1v) is 10.3. The van der Waals surface area contributed by atoms with Crippen LogP contribution < -0.4 is 10.1 Å². The van der Waals surface area contributed by atoms with Crippen LogP contribution in [-0.4, -0.2) is 44.1 Å². The van der Waals surface area contributed by atoms with Crippen LogP contribution in [0.2, 0.25) is 0 Å². The quantitative estimate of drug-likeness (QED) is 0.560. The van der Waals surface area contributed by atoms with Crippen LogP contribution in [0.1, 0.15) is 11.1 Å². The Hall–Kier alpha value is -2.86. The average Bonchev–Trinajstić information content (AvgIpc) is 2.80. The highest BCUT2D eigenvalue weighted by Crippen LogP contribution is 2.37. The van der Waals surface area contributed by atoms with Crippen molar-refractivity contribution in [1.82, 2.24) is 5.32 Å². The molecule has 0 amide bonds. The molecule has 1 aliphatic heterocycles. The summed E-state index contributed by atoms with van der Waals surface area (Å²) in [5, 5.41) is 12.9. The summed E-state index contributed by atoms with van der Waals surface area (Å²) < 4.78 is 18.3. The van der Waals surface area contributed by atoms with Gasteiger partial charge in [-0.05, 0) is 23.3 Å². The Kier molecular flexibility index (Phi) is 6.64. The SMILES string of the molecule is Oc1cccc(OCCNCC2COCC(c3ccccc3)(c3ccccc3)O2)c1. The molecular weight excluding hydrogens is 378 g/mol. The maximum absolute atomic E-state index is 9.50. The number of aromatic hydroxyl groups is 1. The second-order valence-corrected chi connectivity index (χ2v) is 7.36. The van der Waals surface area contributed by atoms with Crippen molar-refractivity contribution >= 4 is 0 Å². The third-order valence-electron chi connectivity index (χ3n) is 5.19. The van der Waals surface area contributed by atoms with Crippen molar-refractivity contribution in [3.05, 3.63) is 96.1 Å². The third-order valence-corrected chi connectivity index (χ3v) is 5.19. The molecule has 0 radical (unpaired) electrons. The molecule has 1 heterocycles. The maximum atomic E-state index is 9.50. The first-order valence-electron chi connectivity index (χ1n) is 10.3. The highest BCUT2D eigenvalue weighted by molar-refractivity contribution is 5.37. The van der Waals surface area contributed by atoms with Gasteiger partial charge in [-0.2, -0.15) is 0 Å². The molecule has 0 saturated carbocycles. The number of nitrogens with one attached hydrogen (secondary N) is 1. The second kappa shape index (κ2) is 9.76. The van der Waals surface area contributed by atoms with Crippen LogP contribution in [0.4, 0.5) is 0 Å². The van der Waals surface area contributed by atoms with Gasteiger partial charge in [0, 0.05) is 19.2 Å². The smallest absolute Gasteiger partial charge is 0.142 e. The van der Waals surface area contributed by atoms with Crippen molar-refractivity contribution in [2.75, 3.05) is 32.9 Å². The van der Waals surface area contributed by atoms with E-state index in [0.29, 0.717) is 38.7 Å². The molecule has 0 spiro atoms. The number of ether oxygens (including phenoxy) is 3. The van der Waals surface area contributed by atoms with Crippen LogP contribution in [0.15, 0.2) is 84.9 Å². The largest absolute Gasteiger partial charge is 0.508 e. The summed E-state index contributed by atoms with van der Waals surface area (Å²) in [4.78, 5) is 0. The van der Waals surface area contributed by atoms with Crippen molar-refractivity contribution < 1.29 is 19.3 Å². The van der Waals surface area contributed by atoms with E-state index in [1.165, 1.54) is 0 Å². The standard InChI is InChI=1S/C25H27NO4/c27-22-12-7-13-23(16-22)29-15-14-26-17-24-18-28-19-25(30-24,20-8-3-1-4-9-20)21-10-5-2-6-11-21/h1-13,16,24,26-27H,14-15,17-19H2. The van der Waals surface area contributed by atoms with Crippen LogP contribution in [0.25, 0.3) is 0 Å². The lowest BCUT2D eigenvalue weighted by molar-refractivity contribution is -0.183. The molecule has 3 aromatic rings. The topological polar surface area (TPSA) is 60.0 Å². The Morgan fingerprint density at radius 2 is 1.63 bits per heavy atom. The predicted molar refractivity (Wildman–Crippen MR) is 116 cm³/mol. The fourth-order valence-corrected chi connectivity index (χ4v) is 3.75. The van der Waals surface area contributed by atoms with E-state index in [-0.39, 0.29) is 11.9 Å². The van der Waals surface area contributed by atoms with E-state index in [1.807, 2.05) is 42.5 Å². The molecule has 3 aromatic carbocycles. The Balaban J connectivity index is 1.37. The van der Waals surface area contributed by atoms with Gasteiger partial charge in [-0.3, -0.25) is 0 Å². The Morgan fingerprint density at radius 3 is 2.30 bits per heavy atom. The van der Waals surface area contributed by atoms with Gasteiger partial charge in [0.2, 0.25) is 0 Å². The summed E-state index contributed by atoms with van der Waals surface area (Å²) in [5.74, 6) is 0.854. The number of phenols is 1. The zero-order valence-corrected chi connectivity index (χ0v) is 16.9. The van der Waals surface area contributed by atoms with E-state index in [4.69, 9.17) is 14.2 Å². The molecule has 5 heteroatoms. The molecule has 1 aliphatic rings. The summed E-state index contributed by atoms with van der Waals surface area (Å²) in [6, 6.07) is 27.3. The molecule has 156 valence electrons. The molecule has 1 unspecified atom stereocenters. The van der Waals surface area contributed by atoms with Gasteiger partial charge in [0.15, 0.2) is 0 Å². The van der Waals surface area contributed by atoms with Crippen LogP contribution in [-0.2, 0) is 15.1 Å². The Labute approximate surface area is 177 Å². The van der Waals surface area contributed by atoms with Gasteiger partial charge in [0.1, 0.15) is 23.7 Å². The second-order valence-electron chi connectivity index (χ2n) is 7.36. The molecule has 1 fully saturated rings. The minimum absolute atomic E-state index is 0.0834. The van der Waals surface area contributed by atoms with Crippen LogP contribution in [0.3, 0.4) is 0 Å². The lowest BCUT2D eigenvalue weighted by Gasteiger charge is -2.42. The minimum Gasteiger partial charge on any atom is -0.508 e. The van der Waals surface area contributed by atoms with Crippen LogP contribution in [0.5, 0.6) is 11.5 Å². The van der Waals surface area contributed by atoms with Crippen LogP contribution >= 0.6 is 0 Å². The van der Waals surface area contributed by atoms with Gasteiger partial charge >= 0.3 is 0 Å². The van der Waals surface area contributed by atoms with E-state index in [1.54, 1.807) is 18.2 Å². The lowest BCUT2D eigenvalue weighted by Crippen LogP contribution is -2.49. The molecule has 1 saturated heterocycles. The highest BCUT2D eigenvalue weighted by atomic mass is 16.6. The number of phenolic OH excluding ortho intramolecular Hbond substituents is 1. The molecular formula is C25H27NO4.